The van der Waals surface area contributed by atoms with Gasteiger partial charge in [0.05, 0.1) is 25.3 Å². The Kier molecular flexibility index (Phi) is 4.19. The number of ether oxygens (including phenoxy) is 2. The van der Waals surface area contributed by atoms with E-state index in [0.717, 1.165) is 6.42 Å². The first-order valence-corrected chi connectivity index (χ1v) is 5.95. The minimum absolute atomic E-state index is 0.0891. The van der Waals surface area contributed by atoms with Crippen LogP contribution in [-0.4, -0.2) is 41.9 Å². The molecule has 0 saturated carbocycles. The monoisotopic (exact) mass is 229 g/mol. The first kappa shape index (κ1) is 13.3. The molecule has 1 saturated heterocycles. The molecular formula is C12H23NO3. The molecule has 1 heterocycles. The van der Waals surface area contributed by atoms with E-state index < -0.39 is 5.60 Å². The number of morpholine rings is 1. The first-order chi connectivity index (χ1) is 7.31. The molecule has 0 spiro atoms. The van der Waals surface area contributed by atoms with Gasteiger partial charge in [-0.1, -0.05) is 6.92 Å². The van der Waals surface area contributed by atoms with Crippen LogP contribution in [-0.2, 0) is 9.47 Å². The third-order valence-corrected chi connectivity index (χ3v) is 2.43. The molecule has 16 heavy (non-hydrogen) atoms. The zero-order valence-corrected chi connectivity index (χ0v) is 10.9. The highest BCUT2D eigenvalue weighted by molar-refractivity contribution is 5.68. The Morgan fingerprint density at radius 2 is 2.06 bits per heavy atom. The summed E-state index contributed by atoms with van der Waals surface area (Å²) in [7, 11) is 0. The number of carbonyl (C=O) groups excluding carboxylic acids is 1. The summed E-state index contributed by atoms with van der Waals surface area (Å²) in [6.07, 6.45) is 0.910. The van der Waals surface area contributed by atoms with Gasteiger partial charge in [0.1, 0.15) is 5.60 Å². The van der Waals surface area contributed by atoms with Crippen LogP contribution in [0.25, 0.3) is 0 Å². The second-order valence-electron chi connectivity index (χ2n) is 5.36. The Morgan fingerprint density at radius 3 is 2.56 bits per heavy atom. The number of nitrogens with zero attached hydrogens (tertiary/aromatic N) is 1. The number of carbonyl (C=O) groups is 1. The van der Waals surface area contributed by atoms with Crippen molar-refractivity contribution < 1.29 is 14.3 Å². The molecule has 1 aliphatic heterocycles. The molecule has 2 unspecified atom stereocenters. The molecule has 1 fully saturated rings. The number of rotatable bonds is 1. The molecule has 4 heteroatoms. The van der Waals surface area contributed by atoms with E-state index in [0.29, 0.717) is 13.1 Å². The Hall–Kier alpha value is -0.770. The lowest BCUT2D eigenvalue weighted by Crippen LogP contribution is -2.50. The average Bonchev–Trinajstić information content (AvgIpc) is 2.14. The molecule has 4 nitrogen and oxygen atoms in total. The first-order valence-electron chi connectivity index (χ1n) is 5.95. The molecule has 0 aliphatic carbocycles. The summed E-state index contributed by atoms with van der Waals surface area (Å²) < 4.78 is 11.0. The largest absolute Gasteiger partial charge is 0.444 e. The van der Waals surface area contributed by atoms with Gasteiger partial charge in [-0.3, -0.25) is 0 Å². The zero-order chi connectivity index (χ0) is 12.3. The lowest BCUT2D eigenvalue weighted by molar-refractivity contribution is -0.0805. The van der Waals surface area contributed by atoms with E-state index in [-0.39, 0.29) is 18.3 Å². The molecule has 1 aliphatic rings. The van der Waals surface area contributed by atoms with Crippen LogP contribution in [0.3, 0.4) is 0 Å². The van der Waals surface area contributed by atoms with E-state index in [2.05, 4.69) is 6.92 Å². The summed E-state index contributed by atoms with van der Waals surface area (Å²) in [5.41, 5.74) is -0.430. The van der Waals surface area contributed by atoms with Crippen LogP contribution in [0.2, 0.25) is 0 Å². The third kappa shape index (κ3) is 4.00. The van der Waals surface area contributed by atoms with E-state index >= 15 is 0 Å². The Bertz CT molecular complexity index is 247. The second-order valence-corrected chi connectivity index (χ2v) is 5.36. The molecule has 2 atom stereocenters. The molecular weight excluding hydrogens is 206 g/mol. The topological polar surface area (TPSA) is 38.8 Å². The van der Waals surface area contributed by atoms with Gasteiger partial charge in [0, 0.05) is 0 Å². The van der Waals surface area contributed by atoms with Gasteiger partial charge in [0.15, 0.2) is 0 Å². The van der Waals surface area contributed by atoms with Gasteiger partial charge in [-0.05, 0) is 34.1 Å². The van der Waals surface area contributed by atoms with Crippen LogP contribution in [0.15, 0.2) is 0 Å². The molecule has 0 radical (unpaired) electrons. The average molecular weight is 229 g/mol. The van der Waals surface area contributed by atoms with Gasteiger partial charge in [0.2, 0.25) is 0 Å². The van der Waals surface area contributed by atoms with Crippen LogP contribution in [0.5, 0.6) is 0 Å². The molecule has 1 rings (SSSR count). The van der Waals surface area contributed by atoms with E-state index in [1.54, 1.807) is 4.90 Å². The number of hydrogen-bond acceptors (Lipinski definition) is 3. The lowest BCUT2D eigenvalue weighted by atomic mass is 10.2. The molecule has 0 aromatic carbocycles. The quantitative estimate of drug-likeness (QED) is 0.693. The highest BCUT2D eigenvalue weighted by Gasteiger charge is 2.30. The lowest BCUT2D eigenvalue weighted by Gasteiger charge is -2.37. The van der Waals surface area contributed by atoms with Gasteiger partial charge in [0.25, 0.3) is 0 Å². The van der Waals surface area contributed by atoms with Crippen molar-refractivity contribution in [2.24, 2.45) is 0 Å². The van der Waals surface area contributed by atoms with Gasteiger partial charge in [-0.15, -0.1) is 0 Å². The molecule has 1 amide bonds. The van der Waals surface area contributed by atoms with E-state index in [1.165, 1.54) is 0 Å². The Balaban J connectivity index is 2.55. The van der Waals surface area contributed by atoms with Crippen molar-refractivity contribution in [1.29, 1.82) is 0 Å². The highest BCUT2D eigenvalue weighted by Crippen LogP contribution is 2.17. The fourth-order valence-electron chi connectivity index (χ4n) is 1.75. The number of amides is 1. The molecule has 0 N–H and O–H groups in total. The summed E-state index contributed by atoms with van der Waals surface area (Å²) in [5.74, 6) is 0. The maximum atomic E-state index is 11.9. The van der Waals surface area contributed by atoms with Crippen molar-refractivity contribution in [3.05, 3.63) is 0 Å². The predicted molar refractivity (Wildman–Crippen MR) is 62.4 cm³/mol. The Labute approximate surface area is 97.9 Å². The molecule has 0 aromatic rings. The van der Waals surface area contributed by atoms with Crippen LogP contribution < -0.4 is 0 Å². The van der Waals surface area contributed by atoms with Crippen LogP contribution in [0.4, 0.5) is 4.79 Å². The van der Waals surface area contributed by atoms with E-state index in [1.807, 2.05) is 27.7 Å². The summed E-state index contributed by atoms with van der Waals surface area (Å²) in [6, 6.07) is 0. The van der Waals surface area contributed by atoms with Crippen molar-refractivity contribution in [2.75, 3.05) is 13.1 Å². The standard InChI is InChI=1S/C12H23NO3/c1-6-10-8-13(7-9(2)15-10)11(14)16-12(3,4)5/h9-10H,6-8H2,1-5H3. The maximum absolute atomic E-state index is 11.9. The van der Waals surface area contributed by atoms with Crippen molar-refractivity contribution in [1.82, 2.24) is 4.90 Å². The van der Waals surface area contributed by atoms with Crippen molar-refractivity contribution >= 4 is 6.09 Å². The minimum Gasteiger partial charge on any atom is -0.444 e. The van der Waals surface area contributed by atoms with Crippen molar-refractivity contribution in [2.45, 2.75) is 58.8 Å². The normalized spacial score (nSPS) is 26.7. The Morgan fingerprint density at radius 1 is 1.44 bits per heavy atom. The molecule has 94 valence electrons. The third-order valence-electron chi connectivity index (χ3n) is 2.43. The van der Waals surface area contributed by atoms with Crippen LogP contribution in [0.1, 0.15) is 41.0 Å². The van der Waals surface area contributed by atoms with Gasteiger partial charge >= 0.3 is 6.09 Å². The van der Waals surface area contributed by atoms with E-state index in [4.69, 9.17) is 9.47 Å². The van der Waals surface area contributed by atoms with Gasteiger partial charge in [-0.2, -0.15) is 0 Å². The maximum Gasteiger partial charge on any atom is 0.410 e. The van der Waals surface area contributed by atoms with Crippen LogP contribution >= 0.6 is 0 Å². The fourth-order valence-corrected chi connectivity index (χ4v) is 1.75. The SMILES string of the molecule is CCC1CN(C(=O)OC(C)(C)C)CC(C)O1. The minimum atomic E-state index is -0.430. The van der Waals surface area contributed by atoms with E-state index in [9.17, 15) is 4.79 Å². The summed E-state index contributed by atoms with van der Waals surface area (Å²) in [5, 5.41) is 0. The van der Waals surface area contributed by atoms with Crippen molar-refractivity contribution in [3.8, 4) is 0 Å². The molecule has 0 bridgehead atoms. The summed E-state index contributed by atoms with van der Waals surface area (Å²) in [4.78, 5) is 13.6. The predicted octanol–water partition coefficient (Wildman–Crippen LogP) is 2.42. The highest BCUT2D eigenvalue weighted by atomic mass is 16.6. The van der Waals surface area contributed by atoms with Crippen LogP contribution in [0, 0.1) is 0 Å². The van der Waals surface area contributed by atoms with Gasteiger partial charge < -0.3 is 14.4 Å². The zero-order valence-electron chi connectivity index (χ0n) is 10.9. The summed E-state index contributed by atoms with van der Waals surface area (Å²) in [6.45, 7) is 10.9. The van der Waals surface area contributed by atoms with Gasteiger partial charge in [-0.25, -0.2) is 4.79 Å². The summed E-state index contributed by atoms with van der Waals surface area (Å²) >= 11 is 0. The second kappa shape index (κ2) is 5.04. The van der Waals surface area contributed by atoms with Crippen molar-refractivity contribution in [3.63, 3.8) is 0 Å². The smallest absolute Gasteiger partial charge is 0.410 e. The number of hydrogen-bond donors (Lipinski definition) is 0. The fraction of sp³-hybridized carbons (Fsp3) is 0.917. The molecule has 0 aromatic heterocycles.